The highest BCUT2D eigenvalue weighted by Gasteiger charge is 2.40. The Labute approximate surface area is 170 Å². The highest BCUT2D eigenvalue weighted by Crippen LogP contribution is 2.28. The van der Waals surface area contributed by atoms with Gasteiger partial charge in [-0.05, 0) is 44.4 Å². The number of hydrogen-bond acceptors (Lipinski definition) is 5. The maximum Gasteiger partial charge on any atom is 0.354 e. The van der Waals surface area contributed by atoms with Gasteiger partial charge in [-0.2, -0.15) is 4.31 Å². The average molecular weight is 420 g/mol. The van der Waals surface area contributed by atoms with Gasteiger partial charge in [-0.3, -0.25) is 4.79 Å². The van der Waals surface area contributed by atoms with Crippen molar-refractivity contribution in [2.75, 3.05) is 19.0 Å². The first-order valence-corrected chi connectivity index (χ1v) is 10.7. The van der Waals surface area contributed by atoms with E-state index in [0.29, 0.717) is 18.5 Å². The minimum absolute atomic E-state index is 0.0355. The van der Waals surface area contributed by atoms with Gasteiger partial charge in [0.25, 0.3) is 0 Å². The van der Waals surface area contributed by atoms with Crippen molar-refractivity contribution in [1.82, 2.24) is 8.87 Å². The standard InChI is InChI=1S/C20H25N3O5S/c1-13-7-8-16(14(2)10-13)21-19(24)17-6-5-9-23(17)29(26,27)15-11-18(20(25)28-4)22(3)12-15/h7-8,10-12,17H,5-6,9H2,1-4H3,(H,21,24). The Bertz CT molecular complexity index is 1060. The molecular formula is C20H25N3O5S. The molecule has 1 N–H and O–H groups in total. The summed E-state index contributed by atoms with van der Waals surface area (Å²) in [6, 6.07) is 6.14. The number of aromatic nitrogens is 1. The van der Waals surface area contributed by atoms with E-state index >= 15 is 0 Å². The number of ether oxygens (including phenoxy) is 1. The third-order valence-corrected chi connectivity index (χ3v) is 7.00. The van der Waals surface area contributed by atoms with Crippen LogP contribution in [0.5, 0.6) is 0 Å². The predicted octanol–water partition coefficient (Wildman–Crippen LogP) is 2.22. The molecule has 1 unspecified atom stereocenters. The quantitative estimate of drug-likeness (QED) is 0.750. The van der Waals surface area contributed by atoms with E-state index in [0.717, 1.165) is 11.1 Å². The van der Waals surface area contributed by atoms with Gasteiger partial charge in [0.2, 0.25) is 15.9 Å². The van der Waals surface area contributed by atoms with E-state index in [1.165, 1.54) is 28.2 Å². The Balaban J connectivity index is 1.85. The highest BCUT2D eigenvalue weighted by atomic mass is 32.2. The predicted molar refractivity (Wildman–Crippen MR) is 108 cm³/mol. The third-order valence-electron chi connectivity index (χ3n) is 5.13. The molecule has 1 saturated heterocycles. The lowest BCUT2D eigenvalue weighted by Gasteiger charge is -2.23. The number of carbonyl (C=O) groups is 2. The molecule has 156 valence electrons. The van der Waals surface area contributed by atoms with Crippen molar-refractivity contribution < 1.29 is 22.7 Å². The fourth-order valence-corrected chi connectivity index (χ4v) is 5.31. The zero-order chi connectivity index (χ0) is 21.3. The summed E-state index contributed by atoms with van der Waals surface area (Å²) in [7, 11) is -1.14. The number of benzene rings is 1. The third kappa shape index (κ3) is 4.06. The summed E-state index contributed by atoms with van der Waals surface area (Å²) in [5.41, 5.74) is 2.78. The van der Waals surface area contributed by atoms with Crippen LogP contribution in [0.4, 0.5) is 5.69 Å². The van der Waals surface area contributed by atoms with Crippen LogP contribution in [-0.4, -0.2) is 48.9 Å². The summed E-state index contributed by atoms with van der Waals surface area (Å²) >= 11 is 0. The second-order valence-electron chi connectivity index (χ2n) is 7.24. The summed E-state index contributed by atoms with van der Waals surface area (Å²) in [4.78, 5) is 24.6. The molecule has 1 amide bonds. The Kier molecular flexibility index (Phi) is 5.81. The Morgan fingerprint density at radius 2 is 1.93 bits per heavy atom. The van der Waals surface area contributed by atoms with E-state index in [1.807, 2.05) is 32.0 Å². The van der Waals surface area contributed by atoms with Gasteiger partial charge >= 0.3 is 5.97 Å². The first kappa shape index (κ1) is 21.1. The summed E-state index contributed by atoms with van der Waals surface area (Å²) in [5.74, 6) is -0.985. The van der Waals surface area contributed by atoms with Crippen molar-refractivity contribution in [3.8, 4) is 0 Å². The topological polar surface area (TPSA) is 97.7 Å². The van der Waals surface area contributed by atoms with Gasteiger partial charge in [0.1, 0.15) is 16.6 Å². The van der Waals surface area contributed by atoms with E-state index in [-0.39, 0.29) is 23.0 Å². The first-order valence-electron chi connectivity index (χ1n) is 9.30. The smallest absolute Gasteiger partial charge is 0.354 e. The molecule has 1 fully saturated rings. The fraction of sp³-hybridized carbons (Fsp3) is 0.400. The largest absolute Gasteiger partial charge is 0.464 e. The van der Waals surface area contributed by atoms with Gasteiger partial charge in [-0.1, -0.05) is 17.7 Å². The van der Waals surface area contributed by atoms with Crippen LogP contribution < -0.4 is 5.32 Å². The number of nitrogens with one attached hydrogen (secondary N) is 1. The Morgan fingerprint density at radius 3 is 2.59 bits per heavy atom. The number of carbonyl (C=O) groups excluding carboxylic acids is 2. The molecule has 0 spiro atoms. The number of amides is 1. The van der Waals surface area contributed by atoms with Gasteiger partial charge in [-0.25, -0.2) is 13.2 Å². The highest BCUT2D eigenvalue weighted by molar-refractivity contribution is 7.89. The molecule has 8 nitrogen and oxygen atoms in total. The lowest BCUT2D eigenvalue weighted by Crippen LogP contribution is -2.43. The minimum Gasteiger partial charge on any atom is -0.464 e. The zero-order valence-electron chi connectivity index (χ0n) is 16.9. The number of anilines is 1. The van der Waals surface area contributed by atoms with Crippen LogP contribution in [0, 0.1) is 13.8 Å². The number of rotatable bonds is 5. The molecule has 2 aromatic rings. The molecule has 0 radical (unpaired) electrons. The SMILES string of the molecule is COC(=O)c1cc(S(=O)(=O)N2CCCC2C(=O)Nc2ccc(C)cc2C)cn1C. The van der Waals surface area contributed by atoms with Gasteiger partial charge in [0, 0.05) is 25.5 Å². The summed E-state index contributed by atoms with van der Waals surface area (Å²) in [5, 5.41) is 2.85. The maximum absolute atomic E-state index is 13.2. The molecule has 0 aliphatic carbocycles. The lowest BCUT2D eigenvalue weighted by molar-refractivity contribution is -0.119. The number of aryl methyl sites for hydroxylation is 3. The van der Waals surface area contributed by atoms with Crippen molar-refractivity contribution in [2.24, 2.45) is 7.05 Å². The summed E-state index contributed by atoms with van der Waals surface area (Å²) in [6.07, 6.45) is 2.38. The monoisotopic (exact) mass is 419 g/mol. The van der Waals surface area contributed by atoms with Crippen molar-refractivity contribution in [3.05, 3.63) is 47.3 Å². The molecule has 3 rings (SSSR count). The van der Waals surface area contributed by atoms with E-state index in [2.05, 4.69) is 10.1 Å². The maximum atomic E-state index is 13.2. The van der Waals surface area contributed by atoms with Gasteiger partial charge in [0.15, 0.2) is 0 Å². The van der Waals surface area contributed by atoms with Gasteiger partial charge in [-0.15, -0.1) is 0 Å². The Morgan fingerprint density at radius 1 is 1.21 bits per heavy atom. The molecule has 2 heterocycles. The van der Waals surface area contributed by atoms with E-state index in [4.69, 9.17) is 0 Å². The number of esters is 1. The molecule has 1 aliphatic heterocycles. The molecule has 9 heteroatoms. The molecular weight excluding hydrogens is 394 g/mol. The number of sulfonamides is 1. The zero-order valence-corrected chi connectivity index (χ0v) is 17.7. The molecule has 1 aromatic heterocycles. The Hall–Kier alpha value is -2.65. The van der Waals surface area contributed by atoms with E-state index in [9.17, 15) is 18.0 Å². The fourth-order valence-electron chi connectivity index (χ4n) is 3.58. The number of methoxy groups -OCH3 is 1. The van der Waals surface area contributed by atoms with Gasteiger partial charge in [0.05, 0.1) is 7.11 Å². The summed E-state index contributed by atoms with van der Waals surface area (Å²) < 4.78 is 33.6. The van der Waals surface area contributed by atoms with Crippen molar-refractivity contribution in [3.63, 3.8) is 0 Å². The first-order chi connectivity index (χ1) is 13.6. The van der Waals surface area contributed by atoms with Crippen LogP contribution in [0.3, 0.4) is 0 Å². The number of nitrogens with zero attached hydrogens (tertiary/aromatic N) is 2. The number of hydrogen-bond donors (Lipinski definition) is 1. The van der Waals surface area contributed by atoms with Crippen molar-refractivity contribution in [2.45, 2.75) is 37.6 Å². The molecule has 0 bridgehead atoms. The van der Waals surface area contributed by atoms with Crippen LogP contribution in [0.1, 0.15) is 34.5 Å². The second kappa shape index (κ2) is 8.00. The van der Waals surface area contributed by atoms with Crippen LogP contribution in [0.25, 0.3) is 0 Å². The van der Waals surface area contributed by atoms with E-state index in [1.54, 1.807) is 7.05 Å². The molecule has 1 aliphatic rings. The minimum atomic E-state index is -3.94. The molecule has 1 aromatic carbocycles. The van der Waals surface area contributed by atoms with E-state index < -0.39 is 22.0 Å². The van der Waals surface area contributed by atoms with Crippen LogP contribution in [0.2, 0.25) is 0 Å². The molecule has 29 heavy (non-hydrogen) atoms. The normalized spacial score (nSPS) is 17.3. The lowest BCUT2D eigenvalue weighted by atomic mass is 10.1. The van der Waals surface area contributed by atoms with Gasteiger partial charge < -0.3 is 14.6 Å². The van der Waals surface area contributed by atoms with Crippen LogP contribution in [0.15, 0.2) is 35.4 Å². The van der Waals surface area contributed by atoms with Crippen molar-refractivity contribution >= 4 is 27.6 Å². The average Bonchev–Trinajstić information content (AvgIpc) is 3.31. The molecule has 0 saturated carbocycles. The van der Waals surface area contributed by atoms with Crippen LogP contribution >= 0.6 is 0 Å². The molecule has 1 atom stereocenters. The van der Waals surface area contributed by atoms with Crippen molar-refractivity contribution in [1.29, 1.82) is 0 Å². The second-order valence-corrected chi connectivity index (χ2v) is 9.14. The summed E-state index contributed by atoms with van der Waals surface area (Å²) in [6.45, 7) is 4.10. The van der Waals surface area contributed by atoms with Crippen LogP contribution in [-0.2, 0) is 26.6 Å².